The summed E-state index contributed by atoms with van der Waals surface area (Å²) in [5.74, 6) is -0.932. The number of alkyl halides is 1. The zero-order valence-corrected chi connectivity index (χ0v) is 9.74. The summed E-state index contributed by atoms with van der Waals surface area (Å²) in [4.78, 5) is 19.1. The molecule has 0 aliphatic carbocycles. The lowest BCUT2D eigenvalue weighted by Crippen LogP contribution is -2.38. The minimum Gasteiger partial charge on any atom is -0.262 e. The molecule has 84 valence electrons. The minimum atomic E-state index is -4.23. The normalized spacial score (nSPS) is 29.2. The van der Waals surface area contributed by atoms with Gasteiger partial charge in [0.1, 0.15) is 11.3 Å². The maximum absolute atomic E-state index is 11.4. The summed E-state index contributed by atoms with van der Waals surface area (Å²) in [6.45, 7) is 1.06. The molecule has 1 unspecified atom stereocenters. The van der Waals surface area contributed by atoms with Gasteiger partial charge >= 0.3 is 3.78 Å². The molecule has 1 aliphatic rings. The van der Waals surface area contributed by atoms with Crippen molar-refractivity contribution in [3.8, 4) is 0 Å². The van der Waals surface area contributed by atoms with Gasteiger partial charge in [-0.05, 0) is 6.92 Å². The van der Waals surface area contributed by atoms with Gasteiger partial charge in [-0.15, -0.1) is 0 Å². The van der Waals surface area contributed by atoms with Gasteiger partial charge in [0, 0.05) is 15.9 Å². The number of hydrogen-bond donors (Lipinski definition) is 0. The van der Waals surface area contributed by atoms with Gasteiger partial charge < -0.3 is 0 Å². The Bertz CT molecular complexity index is 482. The van der Waals surface area contributed by atoms with E-state index in [9.17, 15) is 28.6 Å². The Kier molecular flexibility index (Phi) is 2.60. The van der Waals surface area contributed by atoms with Gasteiger partial charge in [0.25, 0.3) is 5.70 Å². The molecule has 0 amide bonds. The summed E-state index contributed by atoms with van der Waals surface area (Å²) in [6, 6.07) is 0. The van der Waals surface area contributed by atoms with Crippen LogP contribution in [0.4, 0.5) is 0 Å². The van der Waals surface area contributed by atoms with Crippen molar-refractivity contribution < 1.29 is 18.3 Å². The quantitative estimate of drug-likeness (QED) is 0.313. The lowest BCUT2D eigenvalue weighted by Gasteiger charge is -2.11. The van der Waals surface area contributed by atoms with Gasteiger partial charge in [-0.1, -0.05) is 0 Å². The average Bonchev–Trinajstić information content (AvgIpc) is 2.27. The van der Waals surface area contributed by atoms with Crippen LogP contribution in [0.3, 0.4) is 0 Å². The molecule has 0 aromatic rings. The van der Waals surface area contributed by atoms with Crippen LogP contribution in [0.25, 0.3) is 0 Å². The summed E-state index contributed by atoms with van der Waals surface area (Å²) in [6.07, 6.45) is 0. The average molecular weight is 301 g/mol. The second-order valence-corrected chi connectivity index (χ2v) is 6.69. The summed E-state index contributed by atoms with van der Waals surface area (Å²) < 4.78 is 20.3. The number of nitro groups is 2. The molecular weight excluding hydrogens is 296 g/mol. The van der Waals surface area contributed by atoms with E-state index in [1.54, 1.807) is 0 Å². The lowest BCUT2D eigenvalue weighted by molar-refractivity contribution is -0.500. The van der Waals surface area contributed by atoms with Crippen LogP contribution < -0.4 is 0 Å². The van der Waals surface area contributed by atoms with E-state index in [1.807, 2.05) is 0 Å². The molecule has 0 aromatic carbocycles. The Balaban J connectivity index is 3.52. The van der Waals surface area contributed by atoms with Crippen LogP contribution >= 0.6 is 15.9 Å². The first-order chi connectivity index (χ1) is 6.64. The smallest absolute Gasteiger partial charge is 0.262 e. The third-order valence-electron chi connectivity index (χ3n) is 2.09. The van der Waals surface area contributed by atoms with Gasteiger partial charge in [-0.3, -0.25) is 20.2 Å². The summed E-state index contributed by atoms with van der Waals surface area (Å²) in [7, 11) is -4.23. The fourth-order valence-corrected chi connectivity index (χ4v) is 3.49. The Morgan fingerprint density at radius 3 is 2.07 bits per heavy atom. The van der Waals surface area contributed by atoms with Gasteiger partial charge in [-0.2, -0.15) is 0 Å². The molecule has 0 spiro atoms. The van der Waals surface area contributed by atoms with E-state index < -0.39 is 40.5 Å². The predicted octanol–water partition coefficient (Wildman–Crippen LogP) is 0.291. The van der Waals surface area contributed by atoms with Crippen LogP contribution in [-0.2, 0) is 9.84 Å². The maximum Gasteiger partial charge on any atom is 0.399 e. The molecule has 10 heteroatoms. The summed E-state index contributed by atoms with van der Waals surface area (Å²) >= 11 is 2.46. The highest BCUT2D eigenvalue weighted by Crippen LogP contribution is 2.42. The number of sulfone groups is 1. The summed E-state index contributed by atoms with van der Waals surface area (Å²) in [5.41, 5.74) is -1.05. The van der Waals surface area contributed by atoms with Crippen molar-refractivity contribution in [3.63, 3.8) is 0 Å². The Labute approximate surface area is 92.3 Å². The molecule has 0 saturated heterocycles. The molecule has 0 N–H and O–H groups in total. The third-order valence-corrected chi connectivity index (χ3v) is 6.39. The third kappa shape index (κ3) is 1.44. The fourth-order valence-electron chi connectivity index (χ4n) is 1.24. The second kappa shape index (κ2) is 3.23. The zero-order chi connectivity index (χ0) is 12.0. The van der Waals surface area contributed by atoms with E-state index in [4.69, 9.17) is 0 Å². The Morgan fingerprint density at radius 1 is 1.40 bits per heavy atom. The van der Waals surface area contributed by atoms with Crippen molar-refractivity contribution in [2.75, 3.05) is 5.75 Å². The minimum absolute atomic E-state index is 0.405. The van der Waals surface area contributed by atoms with Gasteiger partial charge in [0.2, 0.25) is 9.84 Å². The standard InChI is InChI=1S/C5H5BrN2O6S/c1-3-4(7(9)10)2-15(13,14)5(3,6)8(11)12/h2H2,1H3. The highest BCUT2D eigenvalue weighted by Gasteiger charge is 2.64. The van der Waals surface area contributed by atoms with Crippen LogP contribution in [-0.4, -0.2) is 27.8 Å². The molecule has 1 atom stereocenters. The lowest BCUT2D eigenvalue weighted by atomic mass is 10.2. The number of rotatable bonds is 2. The van der Waals surface area contributed by atoms with E-state index in [1.165, 1.54) is 0 Å². The van der Waals surface area contributed by atoms with Crippen molar-refractivity contribution in [3.05, 3.63) is 31.5 Å². The first-order valence-corrected chi connectivity index (χ1v) is 5.99. The number of halogens is 1. The van der Waals surface area contributed by atoms with Crippen molar-refractivity contribution in [2.45, 2.75) is 10.7 Å². The monoisotopic (exact) mass is 300 g/mol. The van der Waals surface area contributed by atoms with Crippen LogP contribution in [0, 0.1) is 20.2 Å². The van der Waals surface area contributed by atoms with E-state index in [0.29, 0.717) is 0 Å². The molecule has 8 nitrogen and oxygen atoms in total. The molecule has 0 bridgehead atoms. The molecule has 0 fully saturated rings. The molecule has 15 heavy (non-hydrogen) atoms. The second-order valence-electron chi connectivity index (χ2n) is 2.91. The van der Waals surface area contributed by atoms with Crippen LogP contribution in [0.2, 0.25) is 0 Å². The first kappa shape index (κ1) is 12.0. The van der Waals surface area contributed by atoms with Crippen molar-refractivity contribution in [2.24, 2.45) is 0 Å². The van der Waals surface area contributed by atoms with Crippen LogP contribution in [0.1, 0.15) is 6.92 Å². The van der Waals surface area contributed by atoms with Crippen molar-refractivity contribution >= 4 is 25.8 Å². The molecule has 0 saturated carbocycles. The van der Waals surface area contributed by atoms with Gasteiger partial charge in [0.15, 0.2) is 0 Å². The molecule has 0 radical (unpaired) electrons. The SMILES string of the molecule is CC1=C([N+](=O)[O-])CS(=O)(=O)C1(Br)[N+](=O)[O-]. The van der Waals surface area contributed by atoms with Crippen molar-refractivity contribution in [1.29, 1.82) is 0 Å². The number of hydrogen-bond acceptors (Lipinski definition) is 6. The Hall–Kier alpha value is -1.03. The molecule has 1 heterocycles. The van der Waals surface area contributed by atoms with E-state index in [0.717, 1.165) is 6.92 Å². The highest BCUT2D eigenvalue weighted by atomic mass is 79.9. The van der Waals surface area contributed by atoms with Crippen molar-refractivity contribution in [1.82, 2.24) is 0 Å². The largest absolute Gasteiger partial charge is 0.399 e. The van der Waals surface area contributed by atoms with Crippen LogP contribution in [0.5, 0.6) is 0 Å². The van der Waals surface area contributed by atoms with E-state index in [2.05, 4.69) is 15.9 Å². The molecule has 1 rings (SSSR count). The fraction of sp³-hybridized carbons (Fsp3) is 0.600. The molecule has 0 aromatic heterocycles. The zero-order valence-electron chi connectivity index (χ0n) is 7.34. The molecular formula is C5H5BrN2O6S. The highest BCUT2D eigenvalue weighted by molar-refractivity contribution is 9.11. The van der Waals surface area contributed by atoms with Gasteiger partial charge in [-0.25, -0.2) is 8.42 Å². The first-order valence-electron chi connectivity index (χ1n) is 3.55. The maximum atomic E-state index is 11.4. The number of nitrogens with zero attached hydrogens (tertiary/aromatic N) is 2. The molecule has 1 aliphatic heterocycles. The summed E-state index contributed by atoms with van der Waals surface area (Å²) in [5, 5.41) is 21.1. The van der Waals surface area contributed by atoms with E-state index >= 15 is 0 Å². The van der Waals surface area contributed by atoms with Gasteiger partial charge in [0.05, 0.1) is 9.85 Å². The van der Waals surface area contributed by atoms with Crippen LogP contribution in [0.15, 0.2) is 11.3 Å². The van der Waals surface area contributed by atoms with E-state index in [-0.39, 0.29) is 0 Å². The Morgan fingerprint density at radius 2 is 1.87 bits per heavy atom. The predicted molar refractivity (Wildman–Crippen MR) is 52.1 cm³/mol. The topological polar surface area (TPSA) is 120 Å².